The second-order valence-electron chi connectivity index (χ2n) is 6.24. The van der Waals surface area contributed by atoms with E-state index in [1.54, 1.807) is 0 Å². The molecule has 3 N–H and O–H groups in total. The summed E-state index contributed by atoms with van der Waals surface area (Å²) in [5, 5.41) is 21.9. The fraction of sp³-hybridized carbons (Fsp3) is 0.867. The van der Waals surface area contributed by atoms with E-state index in [1.807, 2.05) is 0 Å². The normalized spacial score (nSPS) is 29.6. The van der Waals surface area contributed by atoms with Gasteiger partial charge in [-0.3, -0.25) is 9.59 Å². The highest BCUT2D eigenvalue weighted by atomic mass is 16.4. The number of carbonyl (C=O) groups excluding carboxylic acids is 1. The highest BCUT2D eigenvalue weighted by Crippen LogP contribution is 2.28. The third kappa shape index (κ3) is 3.95. The highest BCUT2D eigenvalue weighted by Gasteiger charge is 2.31. The van der Waals surface area contributed by atoms with Gasteiger partial charge >= 0.3 is 5.97 Å². The van der Waals surface area contributed by atoms with Crippen LogP contribution in [0.1, 0.15) is 57.8 Å². The molecule has 0 bridgehead atoms. The molecule has 2 saturated carbocycles. The van der Waals surface area contributed by atoms with Crippen molar-refractivity contribution in [2.45, 2.75) is 69.9 Å². The maximum absolute atomic E-state index is 12.0. The first-order chi connectivity index (χ1) is 9.58. The third-order valence-electron chi connectivity index (χ3n) is 4.79. The Hall–Kier alpha value is -1.10. The van der Waals surface area contributed by atoms with Gasteiger partial charge < -0.3 is 15.5 Å². The molecule has 1 unspecified atom stereocenters. The molecule has 5 heteroatoms. The van der Waals surface area contributed by atoms with Gasteiger partial charge in [0.2, 0.25) is 5.91 Å². The Kier molecular flexibility index (Phi) is 5.40. The predicted molar refractivity (Wildman–Crippen MR) is 74.1 cm³/mol. The first kappa shape index (κ1) is 15.3. The summed E-state index contributed by atoms with van der Waals surface area (Å²) in [5.74, 6) is -1.18. The summed E-state index contributed by atoms with van der Waals surface area (Å²) in [5.41, 5.74) is 0. The van der Waals surface area contributed by atoms with Gasteiger partial charge in [0.25, 0.3) is 0 Å². The summed E-state index contributed by atoms with van der Waals surface area (Å²) < 4.78 is 0. The van der Waals surface area contributed by atoms with Crippen LogP contribution in [-0.4, -0.2) is 34.2 Å². The number of carboxylic acid groups (broad SMARTS) is 1. The molecule has 0 aromatic carbocycles. The average Bonchev–Trinajstić information content (AvgIpc) is 2.48. The lowest BCUT2D eigenvalue weighted by atomic mass is 9.84. The van der Waals surface area contributed by atoms with Crippen molar-refractivity contribution in [3.8, 4) is 0 Å². The number of aliphatic carboxylic acids is 1. The second kappa shape index (κ2) is 7.07. The number of aliphatic hydroxyl groups excluding tert-OH is 1. The van der Waals surface area contributed by atoms with Crippen LogP contribution in [-0.2, 0) is 9.59 Å². The topological polar surface area (TPSA) is 86.6 Å². The molecule has 0 radical (unpaired) electrons. The van der Waals surface area contributed by atoms with E-state index in [4.69, 9.17) is 5.11 Å². The second-order valence-corrected chi connectivity index (χ2v) is 6.24. The van der Waals surface area contributed by atoms with Crippen molar-refractivity contribution in [2.24, 2.45) is 11.8 Å². The van der Waals surface area contributed by atoms with Crippen LogP contribution in [0.5, 0.6) is 0 Å². The van der Waals surface area contributed by atoms with E-state index >= 15 is 0 Å². The summed E-state index contributed by atoms with van der Waals surface area (Å²) in [6.45, 7) is 0. The van der Waals surface area contributed by atoms with Gasteiger partial charge in [0.1, 0.15) is 6.10 Å². The van der Waals surface area contributed by atoms with E-state index in [9.17, 15) is 14.7 Å². The Morgan fingerprint density at radius 1 is 0.950 bits per heavy atom. The molecule has 1 amide bonds. The van der Waals surface area contributed by atoms with Crippen molar-refractivity contribution in [2.75, 3.05) is 0 Å². The van der Waals surface area contributed by atoms with Crippen LogP contribution in [0.2, 0.25) is 0 Å². The van der Waals surface area contributed by atoms with Gasteiger partial charge in [-0.15, -0.1) is 0 Å². The molecule has 0 aliphatic heterocycles. The van der Waals surface area contributed by atoms with Gasteiger partial charge in [0.15, 0.2) is 0 Å². The number of amides is 1. The number of aliphatic hydroxyl groups is 1. The first-order valence-corrected chi connectivity index (χ1v) is 7.79. The largest absolute Gasteiger partial charge is 0.481 e. The summed E-state index contributed by atoms with van der Waals surface area (Å²) in [6.07, 6.45) is 6.97. The smallest absolute Gasteiger partial charge is 0.306 e. The van der Waals surface area contributed by atoms with Crippen LogP contribution >= 0.6 is 0 Å². The van der Waals surface area contributed by atoms with Crippen LogP contribution in [0.25, 0.3) is 0 Å². The third-order valence-corrected chi connectivity index (χ3v) is 4.79. The van der Waals surface area contributed by atoms with Gasteiger partial charge in [-0.2, -0.15) is 0 Å². The minimum atomic E-state index is -0.896. The van der Waals surface area contributed by atoms with E-state index < -0.39 is 12.1 Å². The van der Waals surface area contributed by atoms with Gasteiger partial charge in [-0.1, -0.05) is 19.3 Å². The van der Waals surface area contributed by atoms with Crippen LogP contribution in [0.4, 0.5) is 0 Å². The van der Waals surface area contributed by atoms with Crippen LogP contribution in [0.15, 0.2) is 0 Å². The lowest BCUT2D eigenvalue weighted by Gasteiger charge is -2.30. The molecule has 2 aliphatic rings. The van der Waals surface area contributed by atoms with Crippen molar-refractivity contribution in [1.82, 2.24) is 5.32 Å². The molecule has 0 aromatic heterocycles. The number of hydrogen-bond donors (Lipinski definition) is 3. The van der Waals surface area contributed by atoms with E-state index in [0.717, 1.165) is 25.7 Å². The summed E-state index contributed by atoms with van der Waals surface area (Å²) in [6, 6.07) is 0.0244. The quantitative estimate of drug-likeness (QED) is 0.732. The maximum Gasteiger partial charge on any atom is 0.306 e. The zero-order chi connectivity index (χ0) is 14.5. The zero-order valence-electron chi connectivity index (χ0n) is 11.9. The number of rotatable bonds is 4. The van der Waals surface area contributed by atoms with Crippen molar-refractivity contribution < 1.29 is 19.8 Å². The Morgan fingerprint density at radius 2 is 1.55 bits per heavy atom. The molecule has 2 aliphatic carbocycles. The monoisotopic (exact) mass is 283 g/mol. The minimum absolute atomic E-state index is 0.0244. The molecule has 1 atom stereocenters. The zero-order valence-corrected chi connectivity index (χ0v) is 11.9. The summed E-state index contributed by atoms with van der Waals surface area (Å²) in [4.78, 5) is 22.9. The first-order valence-electron chi connectivity index (χ1n) is 7.79. The minimum Gasteiger partial charge on any atom is -0.481 e. The summed E-state index contributed by atoms with van der Waals surface area (Å²) >= 11 is 0. The number of carbonyl (C=O) groups is 2. The average molecular weight is 283 g/mol. The van der Waals surface area contributed by atoms with Crippen molar-refractivity contribution >= 4 is 11.9 Å². The molecule has 2 rings (SSSR count). The molecule has 0 spiro atoms. The number of carboxylic acids is 1. The fourth-order valence-corrected chi connectivity index (χ4v) is 3.44. The highest BCUT2D eigenvalue weighted by molar-refractivity contribution is 5.81. The summed E-state index contributed by atoms with van der Waals surface area (Å²) in [7, 11) is 0. The molecule has 20 heavy (non-hydrogen) atoms. The molecule has 0 aromatic rings. The van der Waals surface area contributed by atoms with E-state index in [0.29, 0.717) is 25.7 Å². The molecular weight excluding hydrogens is 258 g/mol. The Balaban J connectivity index is 1.75. The standard InChI is InChI=1S/C15H25NO4/c17-13(10-4-2-1-3-5-10)14(18)16-12-8-6-11(7-9-12)15(19)20/h10-13,17H,1-9H2,(H,16,18)(H,19,20). The van der Waals surface area contributed by atoms with Gasteiger partial charge in [0, 0.05) is 6.04 Å². The molecule has 0 heterocycles. The molecule has 114 valence electrons. The lowest BCUT2D eigenvalue weighted by molar-refractivity contribution is -0.143. The van der Waals surface area contributed by atoms with E-state index in [1.165, 1.54) is 6.42 Å². The Labute approximate surface area is 119 Å². The van der Waals surface area contributed by atoms with E-state index in [2.05, 4.69) is 5.32 Å². The molecule has 2 fully saturated rings. The molecular formula is C15H25NO4. The molecule has 5 nitrogen and oxygen atoms in total. The number of hydrogen-bond acceptors (Lipinski definition) is 3. The van der Waals surface area contributed by atoms with Gasteiger partial charge in [-0.25, -0.2) is 0 Å². The van der Waals surface area contributed by atoms with Gasteiger partial charge in [-0.05, 0) is 44.4 Å². The van der Waals surface area contributed by atoms with E-state index in [-0.39, 0.29) is 23.8 Å². The molecule has 0 saturated heterocycles. The Morgan fingerprint density at radius 3 is 2.10 bits per heavy atom. The van der Waals surface area contributed by atoms with Gasteiger partial charge in [0.05, 0.1) is 5.92 Å². The fourth-order valence-electron chi connectivity index (χ4n) is 3.44. The lowest BCUT2D eigenvalue weighted by Crippen LogP contribution is -2.46. The van der Waals surface area contributed by atoms with Crippen LogP contribution in [0, 0.1) is 11.8 Å². The maximum atomic E-state index is 12.0. The van der Waals surface area contributed by atoms with Crippen molar-refractivity contribution in [1.29, 1.82) is 0 Å². The van der Waals surface area contributed by atoms with Crippen LogP contribution < -0.4 is 5.32 Å². The SMILES string of the molecule is O=C(O)C1CCC(NC(=O)C(O)C2CCCCC2)CC1. The van der Waals surface area contributed by atoms with Crippen molar-refractivity contribution in [3.05, 3.63) is 0 Å². The predicted octanol–water partition coefficient (Wildman–Crippen LogP) is 1.69. The Bertz CT molecular complexity index is 344. The van der Waals surface area contributed by atoms with Crippen molar-refractivity contribution in [3.63, 3.8) is 0 Å². The van der Waals surface area contributed by atoms with Crippen LogP contribution in [0.3, 0.4) is 0 Å². The number of nitrogens with one attached hydrogen (secondary N) is 1.